The third kappa shape index (κ3) is 3.15. The maximum atomic E-state index is 13.4. The Balaban J connectivity index is 1.60. The van der Waals surface area contributed by atoms with Crippen LogP contribution in [0.25, 0.3) is 10.8 Å². The van der Waals surface area contributed by atoms with Gasteiger partial charge in [-0.3, -0.25) is 15.0 Å². The number of rotatable bonds is 3. The summed E-state index contributed by atoms with van der Waals surface area (Å²) in [6, 6.07) is 9.78. The molecule has 0 fully saturated rings. The zero-order valence-electron chi connectivity index (χ0n) is 13.9. The van der Waals surface area contributed by atoms with E-state index in [1.807, 2.05) is 0 Å². The molecular weight excluding hydrogens is 337 g/mol. The first-order valence-corrected chi connectivity index (χ1v) is 9.16. The molecule has 1 aliphatic heterocycles. The molecule has 2 heterocycles. The number of thiazole rings is 1. The Morgan fingerprint density at radius 2 is 2.24 bits per heavy atom. The Hall–Kier alpha value is -2.31. The average Bonchev–Trinajstić information content (AvgIpc) is 3.01. The van der Waals surface area contributed by atoms with Crippen molar-refractivity contribution in [3.05, 3.63) is 58.3 Å². The molecule has 1 amide bonds. The number of nitrogens with one attached hydrogen (secondary N) is 1. The standard InChI is InChI=1S/C19H18FN3OS/c1-2-23-9-8-16-17(11-23)25-19(21-16)22-18(24)15-5-3-4-12-10-13(20)6-7-14(12)15/h3-7,10H,2,8-9,11H2,1H3,(H,21,22,24). The second-order valence-electron chi connectivity index (χ2n) is 6.13. The van der Waals surface area contributed by atoms with Gasteiger partial charge in [-0.05, 0) is 35.5 Å². The number of nitrogens with zero attached hydrogens (tertiary/aromatic N) is 2. The number of hydrogen-bond donors (Lipinski definition) is 1. The maximum absolute atomic E-state index is 13.4. The molecule has 3 aromatic rings. The molecule has 1 aromatic heterocycles. The monoisotopic (exact) mass is 355 g/mol. The smallest absolute Gasteiger partial charge is 0.258 e. The van der Waals surface area contributed by atoms with E-state index in [-0.39, 0.29) is 11.7 Å². The highest BCUT2D eigenvalue weighted by Crippen LogP contribution is 2.29. The summed E-state index contributed by atoms with van der Waals surface area (Å²) in [6.45, 7) is 5.08. The number of halogens is 1. The van der Waals surface area contributed by atoms with Crippen molar-refractivity contribution >= 4 is 33.1 Å². The van der Waals surface area contributed by atoms with E-state index in [9.17, 15) is 9.18 Å². The van der Waals surface area contributed by atoms with E-state index in [2.05, 4.69) is 22.1 Å². The van der Waals surface area contributed by atoms with E-state index < -0.39 is 0 Å². The number of anilines is 1. The van der Waals surface area contributed by atoms with E-state index in [1.54, 1.807) is 35.6 Å². The number of aromatic nitrogens is 1. The molecule has 0 saturated carbocycles. The molecular formula is C19H18FN3OS. The highest BCUT2D eigenvalue weighted by molar-refractivity contribution is 7.15. The fourth-order valence-electron chi connectivity index (χ4n) is 3.19. The zero-order chi connectivity index (χ0) is 17.4. The molecule has 1 N–H and O–H groups in total. The van der Waals surface area contributed by atoms with Crippen LogP contribution in [0.4, 0.5) is 9.52 Å². The van der Waals surface area contributed by atoms with Crippen LogP contribution in [0.5, 0.6) is 0 Å². The molecule has 25 heavy (non-hydrogen) atoms. The van der Waals surface area contributed by atoms with Crippen molar-refractivity contribution in [3.8, 4) is 0 Å². The van der Waals surface area contributed by atoms with Crippen molar-refractivity contribution in [1.82, 2.24) is 9.88 Å². The molecule has 2 aromatic carbocycles. The average molecular weight is 355 g/mol. The van der Waals surface area contributed by atoms with Crippen LogP contribution in [-0.2, 0) is 13.0 Å². The fourth-order valence-corrected chi connectivity index (χ4v) is 4.23. The first-order chi connectivity index (χ1) is 12.1. The highest BCUT2D eigenvalue weighted by atomic mass is 32.1. The number of hydrogen-bond acceptors (Lipinski definition) is 4. The van der Waals surface area contributed by atoms with Crippen LogP contribution in [0.1, 0.15) is 27.9 Å². The largest absolute Gasteiger partial charge is 0.298 e. The summed E-state index contributed by atoms with van der Waals surface area (Å²) >= 11 is 1.54. The summed E-state index contributed by atoms with van der Waals surface area (Å²) in [5.41, 5.74) is 1.62. The molecule has 0 aliphatic carbocycles. The number of carbonyl (C=O) groups is 1. The molecule has 0 bridgehead atoms. The predicted molar refractivity (Wildman–Crippen MR) is 98.6 cm³/mol. The molecule has 0 unspecified atom stereocenters. The van der Waals surface area contributed by atoms with Crippen LogP contribution in [0, 0.1) is 5.82 Å². The van der Waals surface area contributed by atoms with Gasteiger partial charge in [0, 0.05) is 30.0 Å². The molecule has 0 saturated heterocycles. The summed E-state index contributed by atoms with van der Waals surface area (Å²) in [7, 11) is 0. The van der Waals surface area contributed by atoms with Crippen molar-refractivity contribution < 1.29 is 9.18 Å². The van der Waals surface area contributed by atoms with Crippen LogP contribution < -0.4 is 5.32 Å². The normalized spacial score (nSPS) is 14.5. The van der Waals surface area contributed by atoms with Gasteiger partial charge >= 0.3 is 0 Å². The van der Waals surface area contributed by atoms with Gasteiger partial charge in [-0.25, -0.2) is 9.37 Å². The van der Waals surface area contributed by atoms with E-state index in [1.165, 1.54) is 17.0 Å². The van der Waals surface area contributed by atoms with E-state index in [4.69, 9.17) is 0 Å². The summed E-state index contributed by atoms with van der Waals surface area (Å²) < 4.78 is 13.4. The van der Waals surface area contributed by atoms with Gasteiger partial charge in [-0.1, -0.05) is 25.1 Å². The van der Waals surface area contributed by atoms with E-state index in [0.29, 0.717) is 16.1 Å². The van der Waals surface area contributed by atoms with Crippen LogP contribution in [-0.4, -0.2) is 28.9 Å². The minimum atomic E-state index is -0.307. The van der Waals surface area contributed by atoms with Crippen molar-refractivity contribution in [2.24, 2.45) is 0 Å². The quantitative estimate of drug-likeness (QED) is 0.770. The van der Waals surface area contributed by atoms with Gasteiger partial charge in [0.1, 0.15) is 5.82 Å². The molecule has 4 rings (SSSR count). The number of benzene rings is 2. The van der Waals surface area contributed by atoms with Crippen molar-refractivity contribution in [1.29, 1.82) is 0 Å². The summed E-state index contributed by atoms with van der Waals surface area (Å²) in [4.78, 5) is 20.9. The molecule has 0 atom stereocenters. The van der Waals surface area contributed by atoms with Gasteiger partial charge < -0.3 is 0 Å². The van der Waals surface area contributed by atoms with Gasteiger partial charge in [0.25, 0.3) is 5.91 Å². The van der Waals surface area contributed by atoms with Gasteiger partial charge in [-0.15, -0.1) is 11.3 Å². The van der Waals surface area contributed by atoms with Crippen LogP contribution in [0.3, 0.4) is 0 Å². The molecule has 1 aliphatic rings. The minimum Gasteiger partial charge on any atom is -0.298 e. The Labute approximate surface area is 149 Å². The first kappa shape index (κ1) is 16.2. The van der Waals surface area contributed by atoms with Crippen molar-refractivity contribution in [3.63, 3.8) is 0 Å². The molecule has 128 valence electrons. The topological polar surface area (TPSA) is 45.2 Å². The predicted octanol–water partition coefficient (Wildman–Crippen LogP) is 4.07. The number of carbonyl (C=O) groups excluding carboxylic acids is 1. The van der Waals surface area contributed by atoms with Crippen LogP contribution >= 0.6 is 11.3 Å². The second-order valence-corrected chi connectivity index (χ2v) is 7.22. The summed E-state index contributed by atoms with van der Waals surface area (Å²) in [6.07, 6.45) is 0.920. The summed E-state index contributed by atoms with van der Waals surface area (Å²) in [5.74, 6) is -0.520. The van der Waals surface area contributed by atoms with Gasteiger partial charge in [0.15, 0.2) is 5.13 Å². The Bertz CT molecular complexity index is 953. The number of likely N-dealkylation sites (N-methyl/N-ethyl adjacent to an activating group) is 1. The highest BCUT2D eigenvalue weighted by Gasteiger charge is 2.21. The van der Waals surface area contributed by atoms with E-state index >= 15 is 0 Å². The van der Waals surface area contributed by atoms with Crippen molar-refractivity contribution in [2.45, 2.75) is 19.9 Å². The Kier molecular flexibility index (Phi) is 4.23. The zero-order valence-corrected chi connectivity index (χ0v) is 14.7. The first-order valence-electron chi connectivity index (χ1n) is 8.34. The second kappa shape index (κ2) is 6.54. The van der Waals surface area contributed by atoms with Crippen LogP contribution in [0.15, 0.2) is 36.4 Å². The number of fused-ring (bicyclic) bond motifs is 2. The Morgan fingerprint density at radius 1 is 1.36 bits per heavy atom. The fraction of sp³-hybridized carbons (Fsp3) is 0.263. The van der Waals surface area contributed by atoms with E-state index in [0.717, 1.165) is 37.1 Å². The minimum absolute atomic E-state index is 0.212. The lowest BCUT2D eigenvalue weighted by Crippen LogP contribution is -2.29. The number of amides is 1. The molecule has 0 radical (unpaired) electrons. The third-order valence-electron chi connectivity index (χ3n) is 4.57. The Morgan fingerprint density at radius 3 is 3.08 bits per heavy atom. The maximum Gasteiger partial charge on any atom is 0.258 e. The van der Waals surface area contributed by atoms with Gasteiger partial charge in [0.05, 0.1) is 5.69 Å². The van der Waals surface area contributed by atoms with Gasteiger partial charge in [-0.2, -0.15) is 0 Å². The lowest BCUT2D eigenvalue weighted by atomic mass is 10.0. The van der Waals surface area contributed by atoms with Gasteiger partial charge in [0.2, 0.25) is 0 Å². The lowest BCUT2D eigenvalue weighted by Gasteiger charge is -2.23. The lowest BCUT2D eigenvalue weighted by molar-refractivity contribution is 0.102. The third-order valence-corrected chi connectivity index (χ3v) is 5.56. The summed E-state index contributed by atoms with van der Waals surface area (Å²) in [5, 5.41) is 4.99. The van der Waals surface area contributed by atoms with Crippen LogP contribution in [0.2, 0.25) is 0 Å². The molecule has 6 heteroatoms. The molecule has 4 nitrogen and oxygen atoms in total. The SMILES string of the molecule is CCN1CCc2nc(NC(=O)c3cccc4cc(F)ccc34)sc2C1. The van der Waals surface area contributed by atoms with Crippen molar-refractivity contribution in [2.75, 3.05) is 18.4 Å². The molecule has 0 spiro atoms.